The molecule has 0 unspecified atom stereocenters. The quantitative estimate of drug-likeness (QED) is 0.602. The number of imidazole rings is 1. The first kappa shape index (κ1) is 17.9. The lowest BCUT2D eigenvalue weighted by atomic mass is 10.2. The van der Waals surface area contributed by atoms with Gasteiger partial charge in [0.2, 0.25) is 6.79 Å². The number of anilines is 1. The SMILES string of the molecule is Nc1ccnc2c1ncn2CCCCOC(=O)NCc1ccc2c(c1)OCO2. The summed E-state index contributed by atoms with van der Waals surface area (Å²) in [5.41, 5.74) is 8.89. The summed E-state index contributed by atoms with van der Waals surface area (Å²) in [6.07, 6.45) is 4.52. The fraction of sp³-hybridized carbons (Fsp3) is 0.316. The maximum atomic E-state index is 11.8. The van der Waals surface area contributed by atoms with Crippen molar-refractivity contribution in [3.8, 4) is 11.5 Å². The van der Waals surface area contributed by atoms with Gasteiger partial charge in [-0.3, -0.25) is 0 Å². The Kier molecular flexibility index (Phi) is 5.14. The molecule has 1 aliphatic rings. The van der Waals surface area contributed by atoms with Crippen molar-refractivity contribution in [1.29, 1.82) is 0 Å². The van der Waals surface area contributed by atoms with E-state index in [0.29, 0.717) is 30.1 Å². The second kappa shape index (κ2) is 8.03. The van der Waals surface area contributed by atoms with Crippen LogP contribution in [0.2, 0.25) is 0 Å². The normalized spacial score (nSPS) is 12.3. The molecule has 0 spiro atoms. The van der Waals surface area contributed by atoms with Gasteiger partial charge in [0.25, 0.3) is 0 Å². The van der Waals surface area contributed by atoms with E-state index in [-0.39, 0.29) is 6.79 Å². The first-order chi connectivity index (χ1) is 13.7. The number of nitrogens with one attached hydrogen (secondary N) is 1. The first-order valence-corrected chi connectivity index (χ1v) is 9.05. The smallest absolute Gasteiger partial charge is 0.407 e. The Morgan fingerprint density at radius 1 is 1.21 bits per heavy atom. The first-order valence-electron chi connectivity index (χ1n) is 9.05. The van der Waals surface area contributed by atoms with E-state index in [1.54, 1.807) is 18.6 Å². The number of aryl methyl sites for hydroxylation is 1. The number of alkyl carbamates (subject to hydrolysis) is 1. The summed E-state index contributed by atoms with van der Waals surface area (Å²) in [6.45, 7) is 1.67. The van der Waals surface area contributed by atoms with Gasteiger partial charge in [0.1, 0.15) is 5.52 Å². The Bertz CT molecular complexity index is 988. The molecule has 146 valence electrons. The zero-order valence-corrected chi connectivity index (χ0v) is 15.3. The standard InChI is InChI=1S/C19H21N5O4/c20-14-5-6-21-18-17(14)23-11-24(18)7-1-2-8-26-19(25)22-10-13-3-4-15-16(9-13)28-12-27-15/h3-6,9,11H,1-2,7-8,10,12H2,(H2,20,21)(H,22,25). The molecule has 1 aromatic carbocycles. The van der Waals surface area contributed by atoms with Crippen molar-refractivity contribution in [3.05, 3.63) is 42.4 Å². The molecule has 9 nitrogen and oxygen atoms in total. The molecule has 0 aliphatic carbocycles. The summed E-state index contributed by atoms with van der Waals surface area (Å²) < 4.78 is 17.7. The molecule has 9 heteroatoms. The minimum atomic E-state index is -0.444. The van der Waals surface area contributed by atoms with Crippen LogP contribution in [0.5, 0.6) is 11.5 Å². The summed E-state index contributed by atoms with van der Waals surface area (Å²) in [6, 6.07) is 7.28. The number of hydrogen-bond acceptors (Lipinski definition) is 7. The van der Waals surface area contributed by atoms with Crippen molar-refractivity contribution >= 4 is 22.9 Å². The highest BCUT2D eigenvalue weighted by atomic mass is 16.7. The second-order valence-electron chi connectivity index (χ2n) is 6.39. The zero-order chi connectivity index (χ0) is 19.3. The van der Waals surface area contributed by atoms with Gasteiger partial charge in [0.05, 0.1) is 18.6 Å². The third-order valence-corrected chi connectivity index (χ3v) is 4.43. The van der Waals surface area contributed by atoms with Gasteiger partial charge < -0.3 is 29.8 Å². The van der Waals surface area contributed by atoms with Crippen LogP contribution in [0.15, 0.2) is 36.8 Å². The maximum absolute atomic E-state index is 11.8. The monoisotopic (exact) mass is 383 g/mol. The topological polar surface area (TPSA) is 114 Å². The molecule has 28 heavy (non-hydrogen) atoms. The van der Waals surface area contributed by atoms with E-state index in [0.717, 1.165) is 36.3 Å². The highest BCUT2D eigenvalue weighted by molar-refractivity contribution is 5.83. The van der Waals surface area contributed by atoms with Crippen molar-refractivity contribution in [2.45, 2.75) is 25.9 Å². The predicted molar refractivity (Wildman–Crippen MR) is 102 cm³/mol. The Hall–Kier alpha value is -3.49. The Morgan fingerprint density at radius 3 is 3.04 bits per heavy atom. The van der Waals surface area contributed by atoms with Crippen LogP contribution in [-0.2, 0) is 17.8 Å². The van der Waals surface area contributed by atoms with Crippen molar-refractivity contribution in [2.75, 3.05) is 19.1 Å². The van der Waals surface area contributed by atoms with E-state index in [9.17, 15) is 4.79 Å². The minimum absolute atomic E-state index is 0.229. The molecule has 4 rings (SSSR count). The molecule has 0 saturated carbocycles. The van der Waals surface area contributed by atoms with Gasteiger partial charge in [-0.25, -0.2) is 14.8 Å². The van der Waals surface area contributed by atoms with Gasteiger partial charge in [-0.2, -0.15) is 0 Å². The number of amides is 1. The van der Waals surface area contributed by atoms with Crippen LogP contribution in [-0.4, -0.2) is 34.0 Å². The molecule has 3 aromatic rings. The molecule has 3 N–H and O–H groups in total. The van der Waals surface area contributed by atoms with Gasteiger partial charge in [0, 0.05) is 19.3 Å². The van der Waals surface area contributed by atoms with Crippen molar-refractivity contribution < 1.29 is 19.0 Å². The van der Waals surface area contributed by atoms with E-state index in [1.807, 2.05) is 22.8 Å². The Balaban J connectivity index is 1.16. The van der Waals surface area contributed by atoms with Crippen molar-refractivity contribution in [3.63, 3.8) is 0 Å². The van der Waals surface area contributed by atoms with Gasteiger partial charge in [-0.15, -0.1) is 0 Å². The van der Waals surface area contributed by atoms with E-state index >= 15 is 0 Å². The lowest BCUT2D eigenvalue weighted by molar-refractivity contribution is 0.143. The molecule has 0 radical (unpaired) electrons. The predicted octanol–water partition coefficient (Wildman–Crippen LogP) is 2.45. The molecule has 0 atom stereocenters. The van der Waals surface area contributed by atoms with E-state index < -0.39 is 6.09 Å². The average Bonchev–Trinajstić information content (AvgIpc) is 3.33. The van der Waals surface area contributed by atoms with Crippen LogP contribution in [0.3, 0.4) is 0 Å². The summed E-state index contributed by atoms with van der Waals surface area (Å²) >= 11 is 0. The van der Waals surface area contributed by atoms with Gasteiger partial charge >= 0.3 is 6.09 Å². The summed E-state index contributed by atoms with van der Waals surface area (Å²) in [7, 11) is 0. The van der Waals surface area contributed by atoms with Crippen LogP contribution in [0.1, 0.15) is 18.4 Å². The van der Waals surface area contributed by atoms with Gasteiger partial charge in [-0.1, -0.05) is 6.07 Å². The minimum Gasteiger partial charge on any atom is -0.454 e. The number of carbonyl (C=O) groups excluding carboxylic acids is 1. The number of nitrogen functional groups attached to an aromatic ring is 1. The average molecular weight is 383 g/mol. The fourth-order valence-electron chi connectivity index (χ4n) is 2.97. The van der Waals surface area contributed by atoms with Gasteiger partial charge in [0.15, 0.2) is 17.1 Å². The molecule has 0 bridgehead atoms. The molecule has 2 aromatic heterocycles. The third-order valence-electron chi connectivity index (χ3n) is 4.43. The number of rotatable bonds is 7. The molecule has 0 saturated heterocycles. The number of hydrogen-bond donors (Lipinski definition) is 2. The van der Waals surface area contributed by atoms with E-state index in [1.165, 1.54) is 0 Å². The zero-order valence-electron chi connectivity index (χ0n) is 15.3. The number of carbonyl (C=O) groups is 1. The molecule has 0 fully saturated rings. The van der Waals surface area contributed by atoms with Crippen molar-refractivity contribution in [1.82, 2.24) is 19.9 Å². The van der Waals surface area contributed by atoms with Crippen LogP contribution < -0.4 is 20.5 Å². The number of nitrogens with two attached hydrogens (primary N) is 1. The maximum Gasteiger partial charge on any atom is 0.407 e. The number of aromatic nitrogens is 3. The lowest BCUT2D eigenvalue weighted by Gasteiger charge is -2.08. The summed E-state index contributed by atoms with van der Waals surface area (Å²) in [5, 5.41) is 2.73. The molecule has 1 amide bonds. The number of fused-ring (bicyclic) bond motifs is 2. The third kappa shape index (κ3) is 3.93. The molecule has 1 aliphatic heterocycles. The van der Waals surface area contributed by atoms with E-state index in [4.69, 9.17) is 19.9 Å². The number of pyridine rings is 1. The summed E-state index contributed by atoms with van der Waals surface area (Å²) in [5.74, 6) is 1.41. The van der Waals surface area contributed by atoms with Crippen LogP contribution >= 0.6 is 0 Å². The van der Waals surface area contributed by atoms with Gasteiger partial charge in [-0.05, 0) is 36.6 Å². The lowest BCUT2D eigenvalue weighted by Crippen LogP contribution is -2.24. The highest BCUT2D eigenvalue weighted by Crippen LogP contribution is 2.32. The fourth-order valence-corrected chi connectivity index (χ4v) is 2.97. The second-order valence-corrected chi connectivity index (χ2v) is 6.39. The molecular weight excluding hydrogens is 362 g/mol. The van der Waals surface area contributed by atoms with Crippen molar-refractivity contribution in [2.24, 2.45) is 0 Å². The van der Waals surface area contributed by atoms with E-state index in [2.05, 4.69) is 15.3 Å². The highest BCUT2D eigenvalue weighted by Gasteiger charge is 2.13. The molecule has 3 heterocycles. The number of benzene rings is 1. The molecular formula is C19H21N5O4. The van der Waals surface area contributed by atoms with Crippen LogP contribution in [0.4, 0.5) is 10.5 Å². The van der Waals surface area contributed by atoms with Crippen LogP contribution in [0.25, 0.3) is 11.2 Å². The number of ether oxygens (including phenoxy) is 3. The van der Waals surface area contributed by atoms with Crippen LogP contribution in [0, 0.1) is 0 Å². The Labute approximate surface area is 161 Å². The Morgan fingerprint density at radius 2 is 2.11 bits per heavy atom. The summed E-state index contributed by atoms with van der Waals surface area (Å²) in [4.78, 5) is 20.4. The number of nitrogens with zero attached hydrogens (tertiary/aromatic N) is 3. The largest absolute Gasteiger partial charge is 0.454 e. The number of unbranched alkanes of at least 4 members (excludes halogenated alkanes) is 1.